The van der Waals surface area contributed by atoms with Gasteiger partial charge in [0.05, 0.1) is 6.61 Å². The predicted octanol–water partition coefficient (Wildman–Crippen LogP) is 3.55. The number of ether oxygens (including phenoxy) is 1. The number of halogens is 1. The number of unbranched alkanes of at least 4 members (excludes halogenated alkanes) is 1. The number of rotatable bonds is 11. The fraction of sp³-hybridized carbons (Fsp3) is 0.381. The molecule has 0 atom stereocenters. The maximum Gasteiger partial charge on any atom is 0.339 e. The Morgan fingerprint density at radius 3 is 2.57 bits per heavy atom. The molecule has 0 aromatic heterocycles. The van der Waals surface area contributed by atoms with Crippen LogP contribution < -0.4 is 9.50 Å². The summed E-state index contributed by atoms with van der Waals surface area (Å²) in [7, 11) is -2.54. The van der Waals surface area contributed by atoms with Gasteiger partial charge in [0.2, 0.25) is 0 Å². The number of hydrogen-bond acceptors (Lipinski definition) is 5. The Balaban J connectivity index is 2.11. The van der Waals surface area contributed by atoms with Crippen molar-refractivity contribution in [3.8, 4) is 5.75 Å². The summed E-state index contributed by atoms with van der Waals surface area (Å²) < 4.78 is 48.1. The number of carbonyl (C=O) groups excluding carboxylic acids is 1. The second kappa shape index (κ2) is 11.5. The van der Waals surface area contributed by atoms with E-state index in [4.69, 9.17) is 8.92 Å². The average molecular weight is 439 g/mol. The Morgan fingerprint density at radius 1 is 1.17 bits per heavy atom. The lowest BCUT2D eigenvalue weighted by atomic mass is 10.2. The third-order valence-electron chi connectivity index (χ3n) is 4.24. The predicted molar refractivity (Wildman–Crippen MR) is 111 cm³/mol. The number of hydrogen-bond donors (Lipinski definition) is 1. The van der Waals surface area contributed by atoms with E-state index in [9.17, 15) is 17.6 Å². The monoisotopic (exact) mass is 438 g/mol. The summed E-state index contributed by atoms with van der Waals surface area (Å²) in [5.74, 6) is -0.431. The lowest BCUT2D eigenvalue weighted by Crippen LogP contribution is -2.41. The molecule has 0 fully saturated rings. The van der Waals surface area contributed by atoms with E-state index in [-0.39, 0.29) is 23.2 Å². The molecule has 0 bridgehead atoms. The molecule has 2 rings (SSSR count). The molecule has 0 heterocycles. The molecule has 164 valence electrons. The van der Waals surface area contributed by atoms with E-state index in [1.807, 2.05) is 6.92 Å². The first-order valence-electron chi connectivity index (χ1n) is 9.66. The van der Waals surface area contributed by atoms with Crippen LogP contribution in [-0.2, 0) is 21.4 Å². The average Bonchev–Trinajstić information content (AvgIpc) is 2.71. The van der Waals surface area contributed by atoms with Crippen LogP contribution in [0.1, 0.15) is 25.3 Å². The number of carbonyl (C=O) groups is 1. The van der Waals surface area contributed by atoms with Crippen LogP contribution in [0.25, 0.3) is 0 Å². The molecule has 1 N–H and O–H groups in total. The van der Waals surface area contributed by atoms with E-state index in [0.29, 0.717) is 25.3 Å². The molecule has 7 nitrogen and oxygen atoms in total. The summed E-state index contributed by atoms with van der Waals surface area (Å²) in [6, 6.07) is 10.7. The van der Waals surface area contributed by atoms with Crippen molar-refractivity contribution >= 4 is 16.1 Å². The van der Waals surface area contributed by atoms with Crippen LogP contribution in [0.4, 0.5) is 9.18 Å². The zero-order valence-corrected chi connectivity index (χ0v) is 18.0. The molecule has 0 aliphatic carbocycles. The Labute approximate surface area is 176 Å². The Hall–Kier alpha value is -2.65. The van der Waals surface area contributed by atoms with Gasteiger partial charge < -0.3 is 19.1 Å². The lowest BCUT2D eigenvalue weighted by Gasteiger charge is -2.23. The molecule has 0 aliphatic rings. The maximum atomic E-state index is 13.0. The summed E-state index contributed by atoms with van der Waals surface area (Å²) in [5.41, 5.74) is 0.698. The van der Waals surface area contributed by atoms with Crippen molar-refractivity contribution in [2.24, 2.45) is 0 Å². The van der Waals surface area contributed by atoms with Crippen LogP contribution in [0.2, 0.25) is 0 Å². The zero-order valence-electron chi connectivity index (χ0n) is 17.1. The second-order valence-electron chi connectivity index (χ2n) is 6.64. The van der Waals surface area contributed by atoms with Gasteiger partial charge in [0.15, 0.2) is 0 Å². The van der Waals surface area contributed by atoms with Gasteiger partial charge in [0, 0.05) is 26.7 Å². The molecule has 9 heteroatoms. The first-order valence-corrected chi connectivity index (χ1v) is 11.1. The van der Waals surface area contributed by atoms with Gasteiger partial charge >= 0.3 is 16.1 Å². The van der Waals surface area contributed by atoms with Crippen LogP contribution in [0.3, 0.4) is 0 Å². The molecule has 0 saturated carbocycles. The highest BCUT2D eigenvalue weighted by Crippen LogP contribution is 2.21. The smallest absolute Gasteiger partial charge is 0.339 e. The SMILES string of the molecule is CCCCNC(=O)N(CCOC)Cc1cccc(OS(=O)(=O)c2ccc(F)cc2)c1. The van der Waals surface area contributed by atoms with Gasteiger partial charge in [-0.3, -0.25) is 0 Å². The second-order valence-corrected chi connectivity index (χ2v) is 8.18. The number of methoxy groups -OCH3 is 1. The number of nitrogens with one attached hydrogen (secondary N) is 1. The Kier molecular flexibility index (Phi) is 9.07. The molecule has 0 spiro atoms. The summed E-state index contributed by atoms with van der Waals surface area (Å²) in [5, 5.41) is 2.87. The minimum atomic E-state index is -4.10. The fourth-order valence-corrected chi connectivity index (χ4v) is 3.55. The number of nitrogens with zero attached hydrogens (tertiary/aromatic N) is 1. The Bertz CT molecular complexity index is 919. The molecule has 0 radical (unpaired) electrons. The molecule has 2 aromatic rings. The van der Waals surface area contributed by atoms with E-state index in [1.54, 1.807) is 30.2 Å². The maximum absolute atomic E-state index is 13.0. The minimum absolute atomic E-state index is 0.106. The quantitative estimate of drug-likeness (QED) is 0.428. The van der Waals surface area contributed by atoms with Gasteiger partial charge in [-0.15, -0.1) is 0 Å². The topological polar surface area (TPSA) is 84.9 Å². The van der Waals surface area contributed by atoms with Crippen LogP contribution in [-0.4, -0.2) is 46.2 Å². The van der Waals surface area contributed by atoms with Crippen LogP contribution >= 0.6 is 0 Å². The largest absolute Gasteiger partial charge is 0.383 e. The molecule has 2 aromatic carbocycles. The van der Waals surface area contributed by atoms with E-state index in [0.717, 1.165) is 37.1 Å². The minimum Gasteiger partial charge on any atom is -0.383 e. The number of urea groups is 1. The van der Waals surface area contributed by atoms with Gasteiger partial charge in [0.1, 0.15) is 16.5 Å². The number of benzene rings is 2. The van der Waals surface area contributed by atoms with Crippen molar-refractivity contribution in [2.75, 3.05) is 26.8 Å². The van der Waals surface area contributed by atoms with E-state index in [2.05, 4.69) is 5.32 Å². The molecular formula is C21H27FN2O5S. The number of amides is 2. The van der Waals surface area contributed by atoms with E-state index < -0.39 is 15.9 Å². The molecule has 2 amide bonds. The zero-order chi connectivity index (χ0) is 22.0. The summed E-state index contributed by atoms with van der Waals surface area (Å²) in [6.45, 7) is 3.64. The van der Waals surface area contributed by atoms with Crippen LogP contribution in [0, 0.1) is 5.82 Å². The third-order valence-corrected chi connectivity index (χ3v) is 5.50. The molecule has 0 unspecified atom stereocenters. The van der Waals surface area contributed by atoms with Gasteiger partial charge in [0.25, 0.3) is 0 Å². The van der Waals surface area contributed by atoms with Crippen LogP contribution in [0.15, 0.2) is 53.4 Å². The first-order chi connectivity index (χ1) is 14.4. The highest BCUT2D eigenvalue weighted by Gasteiger charge is 2.18. The summed E-state index contributed by atoms with van der Waals surface area (Å²) in [4.78, 5) is 13.9. The molecular weight excluding hydrogens is 411 g/mol. The van der Waals surface area contributed by atoms with Crippen molar-refractivity contribution in [1.29, 1.82) is 0 Å². The van der Waals surface area contributed by atoms with Crippen LogP contribution in [0.5, 0.6) is 5.75 Å². The van der Waals surface area contributed by atoms with Crippen molar-refractivity contribution in [1.82, 2.24) is 10.2 Å². The van der Waals surface area contributed by atoms with Gasteiger partial charge in [-0.05, 0) is 48.4 Å². The standard InChI is InChI=1S/C21H27FN2O5S/c1-3-4-12-23-21(25)24(13-14-28-2)16-17-6-5-7-19(15-17)29-30(26,27)20-10-8-18(22)9-11-20/h5-11,15H,3-4,12-14,16H2,1-2H3,(H,23,25). The van der Waals surface area contributed by atoms with Gasteiger partial charge in [-0.1, -0.05) is 25.5 Å². The van der Waals surface area contributed by atoms with E-state index >= 15 is 0 Å². The van der Waals surface area contributed by atoms with Crippen molar-refractivity contribution < 1.29 is 26.5 Å². The van der Waals surface area contributed by atoms with Gasteiger partial charge in [-0.25, -0.2) is 9.18 Å². The molecule has 0 aliphatic heterocycles. The Morgan fingerprint density at radius 2 is 1.90 bits per heavy atom. The molecule has 30 heavy (non-hydrogen) atoms. The van der Waals surface area contributed by atoms with Crippen molar-refractivity contribution in [3.63, 3.8) is 0 Å². The summed E-state index contributed by atoms with van der Waals surface area (Å²) >= 11 is 0. The van der Waals surface area contributed by atoms with Crippen molar-refractivity contribution in [2.45, 2.75) is 31.2 Å². The van der Waals surface area contributed by atoms with Crippen molar-refractivity contribution in [3.05, 3.63) is 59.9 Å². The first kappa shape index (κ1) is 23.6. The van der Waals surface area contributed by atoms with E-state index in [1.165, 1.54) is 6.07 Å². The summed E-state index contributed by atoms with van der Waals surface area (Å²) in [6.07, 6.45) is 1.86. The fourth-order valence-electron chi connectivity index (χ4n) is 2.63. The lowest BCUT2D eigenvalue weighted by molar-refractivity contribution is 0.146. The third kappa shape index (κ3) is 7.31. The molecule has 0 saturated heterocycles. The normalized spacial score (nSPS) is 11.2. The highest BCUT2D eigenvalue weighted by atomic mass is 32.2. The van der Waals surface area contributed by atoms with Gasteiger partial charge in [-0.2, -0.15) is 8.42 Å². The highest BCUT2D eigenvalue weighted by molar-refractivity contribution is 7.87.